The van der Waals surface area contributed by atoms with E-state index in [9.17, 15) is 9.90 Å². The van der Waals surface area contributed by atoms with Gasteiger partial charge in [-0.25, -0.2) is 0 Å². The average Bonchev–Trinajstić information content (AvgIpc) is 2.52. The SMILES string of the molecule is CCCCCC(O)c1cccc2ccc(CCC(=O)O)nc12. The van der Waals surface area contributed by atoms with Crippen LogP contribution in [0.4, 0.5) is 0 Å². The van der Waals surface area contributed by atoms with Crippen molar-refractivity contribution < 1.29 is 15.0 Å². The number of fused-ring (bicyclic) bond motifs is 1. The second-order valence-electron chi connectivity index (χ2n) is 5.63. The first-order valence-electron chi connectivity index (χ1n) is 7.90. The molecule has 2 rings (SSSR count). The smallest absolute Gasteiger partial charge is 0.303 e. The van der Waals surface area contributed by atoms with Crippen LogP contribution in [0.3, 0.4) is 0 Å². The van der Waals surface area contributed by atoms with E-state index >= 15 is 0 Å². The Morgan fingerprint density at radius 2 is 2.05 bits per heavy atom. The van der Waals surface area contributed by atoms with Crippen molar-refractivity contribution in [2.24, 2.45) is 0 Å². The number of nitrogens with zero attached hydrogens (tertiary/aromatic N) is 1. The first kappa shape index (κ1) is 16.4. The molecule has 4 heteroatoms. The van der Waals surface area contributed by atoms with Crippen molar-refractivity contribution >= 4 is 16.9 Å². The molecule has 0 bridgehead atoms. The second kappa shape index (κ2) is 7.90. The number of aromatic nitrogens is 1. The molecule has 2 N–H and O–H groups in total. The van der Waals surface area contributed by atoms with E-state index in [0.717, 1.165) is 47.8 Å². The number of aliphatic hydroxyl groups is 1. The third kappa shape index (κ3) is 4.28. The van der Waals surface area contributed by atoms with Crippen LogP contribution in [0.25, 0.3) is 10.9 Å². The lowest BCUT2D eigenvalue weighted by molar-refractivity contribution is -0.136. The van der Waals surface area contributed by atoms with Gasteiger partial charge in [0.15, 0.2) is 0 Å². The van der Waals surface area contributed by atoms with Gasteiger partial charge < -0.3 is 10.2 Å². The fourth-order valence-electron chi connectivity index (χ4n) is 2.60. The molecule has 2 aromatic rings. The van der Waals surface area contributed by atoms with Crippen LogP contribution < -0.4 is 0 Å². The lowest BCUT2D eigenvalue weighted by Gasteiger charge is -2.13. The van der Waals surface area contributed by atoms with Gasteiger partial charge in [-0.1, -0.05) is 50.5 Å². The number of carbonyl (C=O) groups is 1. The fraction of sp³-hybridized carbons (Fsp3) is 0.444. The van der Waals surface area contributed by atoms with E-state index in [-0.39, 0.29) is 6.42 Å². The number of benzene rings is 1. The van der Waals surface area contributed by atoms with Gasteiger partial charge in [0.2, 0.25) is 0 Å². The Bertz CT molecular complexity index is 639. The van der Waals surface area contributed by atoms with Crippen molar-refractivity contribution in [2.75, 3.05) is 0 Å². The molecular weight excluding hydrogens is 278 g/mol. The Balaban J connectivity index is 2.24. The number of hydrogen-bond acceptors (Lipinski definition) is 3. The summed E-state index contributed by atoms with van der Waals surface area (Å²) in [4.78, 5) is 15.3. The minimum absolute atomic E-state index is 0.0692. The molecule has 0 saturated heterocycles. The molecule has 4 nitrogen and oxygen atoms in total. The van der Waals surface area contributed by atoms with Gasteiger partial charge in [0, 0.05) is 23.1 Å². The Hall–Kier alpha value is -1.94. The summed E-state index contributed by atoms with van der Waals surface area (Å²) in [5.41, 5.74) is 2.38. The van der Waals surface area contributed by atoms with Gasteiger partial charge in [-0.05, 0) is 12.5 Å². The molecule has 1 heterocycles. The topological polar surface area (TPSA) is 70.4 Å². The maximum atomic E-state index is 10.7. The number of para-hydroxylation sites is 1. The molecule has 0 saturated carbocycles. The summed E-state index contributed by atoms with van der Waals surface area (Å²) in [6.45, 7) is 2.14. The molecule has 0 amide bonds. The molecule has 1 unspecified atom stereocenters. The summed E-state index contributed by atoms with van der Waals surface area (Å²) in [5.74, 6) is -0.824. The standard InChI is InChI=1S/C18H23NO3/c1-2-3-4-8-16(20)15-7-5-6-13-9-10-14(19-18(13)15)11-12-17(21)22/h5-7,9-10,16,20H,2-4,8,11-12H2,1H3,(H,21,22). The number of aryl methyl sites for hydroxylation is 1. The maximum absolute atomic E-state index is 10.7. The minimum Gasteiger partial charge on any atom is -0.481 e. The number of aliphatic hydroxyl groups excluding tert-OH is 1. The van der Waals surface area contributed by atoms with Gasteiger partial charge in [0.1, 0.15) is 0 Å². The normalized spacial score (nSPS) is 12.5. The van der Waals surface area contributed by atoms with E-state index in [1.165, 1.54) is 0 Å². The van der Waals surface area contributed by atoms with E-state index in [2.05, 4.69) is 11.9 Å². The molecule has 0 aliphatic carbocycles. The second-order valence-corrected chi connectivity index (χ2v) is 5.63. The summed E-state index contributed by atoms with van der Waals surface area (Å²) < 4.78 is 0. The highest BCUT2D eigenvalue weighted by Gasteiger charge is 2.12. The lowest BCUT2D eigenvalue weighted by Crippen LogP contribution is -2.03. The largest absolute Gasteiger partial charge is 0.481 e. The lowest BCUT2D eigenvalue weighted by atomic mass is 9.99. The number of carboxylic acid groups (broad SMARTS) is 1. The zero-order valence-corrected chi connectivity index (χ0v) is 13.0. The predicted molar refractivity (Wildman–Crippen MR) is 86.8 cm³/mol. The Kier molecular flexibility index (Phi) is 5.90. The van der Waals surface area contributed by atoms with Crippen LogP contribution in [0.15, 0.2) is 30.3 Å². The van der Waals surface area contributed by atoms with Gasteiger partial charge >= 0.3 is 5.97 Å². The summed E-state index contributed by atoms with van der Waals surface area (Å²) in [6, 6.07) is 9.61. The number of rotatable bonds is 8. The zero-order valence-electron chi connectivity index (χ0n) is 13.0. The number of unbranched alkanes of at least 4 members (excludes halogenated alkanes) is 2. The van der Waals surface area contributed by atoms with E-state index < -0.39 is 12.1 Å². The van der Waals surface area contributed by atoms with Crippen molar-refractivity contribution in [3.05, 3.63) is 41.6 Å². The van der Waals surface area contributed by atoms with Crippen molar-refractivity contribution in [1.29, 1.82) is 0 Å². The highest BCUT2D eigenvalue weighted by atomic mass is 16.4. The number of pyridine rings is 1. The maximum Gasteiger partial charge on any atom is 0.303 e. The van der Waals surface area contributed by atoms with Crippen molar-refractivity contribution in [2.45, 2.75) is 51.6 Å². The van der Waals surface area contributed by atoms with Gasteiger partial charge in [0.05, 0.1) is 18.0 Å². The van der Waals surface area contributed by atoms with Crippen LogP contribution in [0.1, 0.15) is 56.4 Å². The molecule has 1 aromatic carbocycles. The highest BCUT2D eigenvalue weighted by molar-refractivity contribution is 5.82. The Morgan fingerprint density at radius 3 is 2.77 bits per heavy atom. The molecule has 22 heavy (non-hydrogen) atoms. The number of hydrogen-bond donors (Lipinski definition) is 2. The van der Waals surface area contributed by atoms with Crippen LogP contribution in [0.5, 0.6) is 0 Å². The summed E-state index contributed by atoms with van der Waals surface area (Å²) >= 11 is 0. The molecule has 0 radical (unpaired) electrons. The quantitative estimate of drug-likeness (QED) is 0.726. The molecule has 0 spiro atoms. The van der Waals surface area contributed by atoms with Crippen LogP contribution in [-0.2, 0) is 11.2 Å². The molecule has 0 fully saturated rings. The Labute approximate surface area is 130 Å². The van der Waals surface area contributed by atoms with E-state index in [4.69, 9.17) is 5.11 Å². The van der Waals surface area contributed by atoms with E-state index in [1.54, 1.807) is 0 Å². The fourth-order valence-corrected chi connectivity index (χ4v) is 2.60. The van der Waals surface area contributed by atoms with Gasteiger partial charge in [-0.2, -0.15) is 0 Å². The van der Waals surface area contributed by atoms with Crippen LogP contribution >= 0.6 is 0 Å². The summed E-state index contributed by atoms with van der Waals surface area (Å²) in [5, 5.41) is 20.2. The summed E-state index contributed by atoms with van der Waals surface area (Å²) in [6.07, 6.45) is 3.92. The predicted octanol–water partition coefficient (Wildman–Crippen LogP) is 3.87. The number of carboxylic acids is 1. The summed E-state index contributed by atoms with van der Waals surface area (Å²) in [7, 11) is 0. The molecule has 118 valence electrons. The minimum atomic E-state index is -0.824. The third-order valence-electron chi connectivity index (χ3n) is 3.84. The average molecular weight is 301 g/mol. The van der Waals surface area contributed by atoms with E-state index in [1.807, 2.05) is 30.3 Å². The highest BCUT2D eigenvalue weighted by Crippen LogP contribution is 2.26. The van der Waals surface area contributed by atoms with Gasteiger partial charge in [0.25, 0.3) is 0 Å². The van der Waals surface area contributed by atoms with E-state index in [0.29, 0.717) is 6.42 Å². The number of aliphatic carboxylic acids is 1. The molecular formula is C18H23NO3. The molecule has 0 aliphatic heterocycles. The van der Waals surface area contributed by atoms with Gasteiger partial charge in [-0.3, -0.25) is 9.78 Å². The van der Waals surface area contributed by atoms with Crippen molar-refractivity contribution in [3.63, 3.8) is 0 Å². The molecule has 0 aliphatic rings. The van der Waals surface area contributed by atoms with Crippen molar-refractivity contribution in [1.82, 2.24) is 4.98 Å². The van der Waals surface area contributed by atoms with Crippen LogP contribution in [0.2, 0.25) is 0 Å². The van der Waals surface area contributed by atoms with Crippen LogP contribution in [-0.4, -0.2) is 21.2 Å². The van der Waals surface area contributed by atoms with Crippen LogP contribution in [0, 0.1) is 0 Å². The first-order chi connectivity index (χ1) is 10.6. The zero-order chi connectivity index (χ0) is 15.9. The monoisotopic (exact) mass is 301 g/mol. The molecule has 1 aromatic heterocycles. The van der Waals surface area contributed by atoms with Gasteiger partial charge in [-0.15, -0.1) is 0 Å². The van der Waals surface area contributed by atoms with Crippen molar-refractivity contribution in [3.8, 4) is 0 Å². The molecule has 1 atom stereocenters. The Morgan fingerprint density at radius 1 is 1.23 bits per heavy atom. The first-order valence-corrected chi connectivity index (χ1v) is 7.90. The third-order valence-corrected chi connectivity index (χ3v) is 3.84.